The van der Waals surface area contributed by atoms with Gasteiger partial charge >= 0.3 is 6.09 Å². The Kier molecular flexibility index (Phi) is 4.24. The highest BCUT2D eigenvalue weighted by Gasteiger charge is 2.31. The smallest absolute Gasteiger partial charge is 0.410 e. The zero-order valence-electron chi connectivity index (χ0n) is 14.0. The molecule has 3 heterocycles. The van der Waals surface area contributed by atoms with Gasteiger partial charge in [0.25, 0.3) is 0 Å². The van der Waals surface area contributed by atoms with E-state index >= 15 is 0 Å². The van der Waals surface area contributed by atoms with E-state index in [1.54, 1.807) is 10.7 Å². The lowest BCUT2D eigenvalue weighted by Crippen LogP contribution is -2.47. The van der Waals surface area contributed by atoms with Gasteiger partial charge in [-0.3, -0.25) is 0 Å². The fourth-order valence-corrected chi connectivity index (χ4v) is 2.99. The maximum absolute atomic E-state index is 12.5. The molecule has 23 heavy (non-hydrogen) atoms. The number of carbonyl (C=O) groups is 1. The van der Waals surface area contributed by atoms with Gasteiger partial charge < -0.3 is 9.64 Å². The molecule has 0 spiro atoms. The van der Waals surface area contributed by atoms with Crippen LogP contribution in [0.3, 0.4) is 0 Å². The maximum atomic E-state index is 12.5. The molecule has 0 bridgehead atoms. The molecular formula is C17H24N4O2. The maximum Gasteiger partial charge on any atom is 0.410 e. The number of aromatic nitrogens is 3. The van der Waals surface area contributed by atoms with Gasteiger partial charge in [0, 0.05) is 25.2 Å². The van der Waals surface area contributed by atoms with Crippen molar-refractivity contribution in [3.8, 4) is 0 Å². The highest BCUT2D eigenvalue weighted by molar-refractivity contribution is 5.68. The van der Waals surface area contributed by atoms with Crippen LogP contribution in [-0.2, 0) is 11.2 Å². The van der Waals surface area contributed by atoms with E-state index in [0.717, 1.165) is 43.6 Å². The molecule has 6 heteroatoms. The Bertz CT molecular complexity index is 656. The lowest BCUT2D eigenvalue weighted by atomic mass is 9.98. The molecule has 0 aliphatic carbocycles. The van der Waals surface area contributed by atoms with E-state index in [9.17, 15) is 4.79 Å². The second kappa shape index (κ2) is 6.18. The van der Waals surface area contributed by atoms with Crippen molar-refractivity contribution in [3.63, 3.8) is 0 Å². The van der Waals surface area contributed by atoms with Crippen LogP contribution < -0.4 is 0 Å². The average Bonchev–Trinajstić information content (AvgIpc) is 2.88. The van der Waals surface area contributed by atoms with Crippen LogP contribution >= 0.6 is 0 Å². The predicted octanol–water partition coefficient (Wildman–Crippen LogP) is 3.06. The summed E-state index contributed by atoms with van der Waals surface area (Å²) in [5.74, 6) is 0. The number of carbonyl (C=O) groups excluding carboxylic acids is 1. The first kappa shape index (κ1) is 15.8. The number of hydrogen-bond donors (Lipinski definition) is 0. The summed E-state index contributed by atoms with van der Waals surface area (Å²) in [5, 5.41) is 4.25. The lowest BCUT2D eigenvalue weighted by molar-refractivity contribution is 0.00986. The standard InChI is InChI=1S/C17H24N4O2/c1-17(2,3)23-16(22)20-10-5-4-7-14(20)11-13-12-21-15(19-13)8-6-9-18-21/h6,8-9,12,14H,4-5,7,10-11H2,1-3H3/t14-/m0/s1. The van der Waals surface area contributed by atoms with Gasteiger partial charge in [-0.1, -0.05) is 0 Å². The summed E-state index contributed by atoms with van der Waals surface area (Å²) < 4.78 is 7.33. The Morgan fingerprint density at radius 3 is 2.96 bits per heavy atom. The fourth-order valence-electron chi connectivity index (χ4n) is 2.99. The summed E-state index contributed by atoms with van der Waals surface area (Å²) >= 11 is 0. The number of ether oxygens (including phenoxy) is 1. The molecule has 0 radical (unpaired) electrons. The number of rotatable bonds is 2. The largest absolute Gasteiger partial charge is 0.444 e. The quantitative estimate of drug-likeness (QED) is 0.854. The second-order valence-corrected chi connectivity index (χ2v) is 7.09. The molecule has 1 aliphatic rings. The van der Waals surface area contributed by atoms with E-state index in [0.29, 0.717) is 0 Å². The van der Waals surface area contributed by atoms with Crippen LogP contribution in [0.15, 0.2) is 24.5 Å². The SMILES string of the molecule is CC(C)(C)OC(=O)N1CCCC[C@H]1Cc1cn2ncccc2n1. The van der Waals surface area contributed by atoms with Crippen LogP contribution in [0.5, 0.6) is 0 Å². The molecule has 1 saturated heterocycles. The third kappa shape index (κ3) is 3.81. The zero-order valence-corrected chi connectivity index (χ0v) is 14.0. The van der Waals surface area contributed by atoms with Crippen molar-refractivity contribution >= 4 is 11.7 Å². The Morgan fingerprint density at radius 2 is 2.22 bits per heavy atom. The van der Waals surface area contributed by atoms with Gasteiger partial charge in [0.1, 0.15) is 5.60 Å². The first-order valence-corrected chi connectivity index (χ1v) is 8.21. The molecule has 1 fully saturated rings. The molecule has 3 rings (SSSR count). The van der Waals surface area contributed by atoms with Crippen molar-refractivity contribution in [1.29, 1.82) is 0 Å². The zero-order chi connectivity index (χ0) is 16.4. The van der Waals surface area contributed by atoms with Crippen LogP contribution in [0.4, 0.5) is 4.79 Å². The number of hydrogen-bond acceptors (Lipinski definition) is 4. The van der Waals surface area contributed by atoms with Gasteiger partial charge in [0.05, 0.1) is 11.9 Å². The third-order valence-corrected chi connectivity index (χ3v) is 3.99. The van der Waals surface area contributed by atoms with Crippen LogP contribution in [0.25, 0.3) is 5.65 Å². The Morgan fingerprint density at radius 1 is 1.39 bits per heavy atom. The summed E-state index contributed by atoms with van der Waals surface area (Å²) in [7, 11) is 0. The summed E-state index contributed by atoms with van der Waals surface area (Å²) in [6.07, 6.45) is 7.36. The predicted molar refractivity (Wildman–Crippen MR) is 87.3 cm³/mol. The van der Waals surface area contributed by atoms with Gasteiger partial charge in [0.15, 0.2) is 5.65 Å². The summed E-state index contributed by atoms with van der Waals surface area (Å²) in [6.45, 7) is 6.46. The number of amides is 1. The van der Waals surface area contributed by atoms with E-state index in [1.165, 1.54) is 0 Å². The molecule has 1 aliphatic heterocycles. The second-order valence-electron chi connectivity index (χ2n) is 7.09. The fraction of sp³-hybridized carbons (Fsp3) is 0.588. The minimum absolute atomic E-state index is 0.142. The monoisotopic (exact) mass is 316 g/mol. The minimum atomic E-state index is -0.466. The lowest BCUT2D eigenvalue weighted by Gasteiger charge is -2.36. The first-order chi connectivity index (χ1) is 10.9. The van der Waals surface area contributed by atoms with Crippen LogP contribution in [0, 0.1) is 0 Å². The molecule has 0 unspecified atom stereocenters. The van der Waals surface area contributed by atoms with Gasteiger partial charge in [0.2, 0.25) is 0 Å². The molecule has 1 amide bonds. The molecule has 0 saturated carbocycles. The first-order valence-electron chi connectivity index (χ1n) is 8.21. The van der Waals surface area contributed by atoms with Crippen molar-refractivity contribution in [2.45, 2.75) is 58.1 Å². The molecule has 124 valence electrons. The number of imidazole rings is 1. The molecule has 1 atom stereocenters. The normalized spacial score (nSPS) is 19.1. The van der Waals surface area contributed by atoms with Crippen molar-refractivity contribution < 1.29 is 9.53 Å². The molecule has 0 aromatic carbocycles. The molecule has 6 nitrogen and oxygen atoms in total. The van der Waals surface area contributed by atoms with Crippen molar-refractivity contribution in [2.75, 3.05) is 6.54 Å². The van der Waals surface area contributed by atoms with Crippen LogP contribution in [-0.4, -0.2) is 43.8 Å². The number of piperidine rings is 1. The van der Waals surface area contributed by atoms with Crippen LogP contribution in [0.1, 0.15) is 45.7 Å². The van der Waals surface area contributed by atoms with Gasteiger partial charge in [-0.2, -0.15) is 5.10 Å². The van der Waals surface area contributed by atoms with Crippen molar-refractivity contribution in [3.05, 3.63) is 30.2 Å². The van der Waals surface area contributed by atoms with Crippen LogP contribution in [0.2, 0.25) is 0 Å². The molecule has 0 N–H and O–H groups in total. The Balaban J connectivity index is 1.74. The third-order valence-electron chi connectivity index (χ3n) is 3.99. The summed E-state index contributed by atoms with van der Waals surface area (Å²) in [4.78, 5) is 18.9. The number of fused-ring (bicyclic) bond motifs is 1. The Labute approximate surface area is 136 Å². The topological polar surface area (TPSA) is 59.7 Å². The summed E-state index contributed by atoms with van der Waals surface area (Å²) in [5.41, 5.74) is 1.33. The Hall–Kier alpha value is -2.11. The molecule has 2 aromatic rings. The van der Waals surface area contributed by atoms with Gasteiger partial charge in [-0.25, -0.2) is 14.3 Å². The van der Waals surface area contributed by atoms with Crippen molar-refractivity contribution in [1.82, 2.24) is 19.5 Å². The number of likely N-dealkylation sites (tertiary alicyclic amines) is 1. The van der Waals surface area contributed by atoms with Gasteiger partial charge in [-0.05, 0) is 52.2 Å². The molecule has 2 aromatic heterocycles. The number of nitrogens with zero attached hydrogens (tertiary/aromatic N) is 4. The average molecular weight is 316 g/mol. The van der Waals surface area contributed by atoms with E-state index in [-0.39, 0.29) is 12.1 Å². The van der Waals surface area contributed by atoms with E-state index in [1.807, 2.05) is 44.0 Å². The highest BCUT2D eigenvalue weighted by Crippen LogP contribution is 2.23. The van der Waals surface area contributed by atoms with E-state index in [2.05, 4.69) is 10.1 Å². The highest BCUT2D eigenvalue weighted by atomic mass is 16.6. The van der Waals surface area contributed by atoms with Gasteiger partial charge in [-0.15, -0.1) is 0 Å². The molecular weight excluding hydrogens is 292 g/mol. The minimum Gasteiger partial charge on any atom is -0.444 e. The summed E-state index contributed by atoms with van der Waals surface area (Å²) in [6, 6.07) is 3.95. The van der Waals surface area contributed by atoms with E-state index < -0.39 is 5.60 Å². The van der Waals surface area contributed by atoms with E-state index in [4.69, 9.17) is 4.74 Å². The van der Waals surface area contributed by atoms with Crippen molar-refractivity contribution in [2.24, 2.45) is 0 Å².